The van der Waals surface area contributed by atoms with Crippen molar-refractivity contribution < 1.29 is 36.2 Å². The summed E-state index contributed by atoms with van der Waals surface area (Å²) in [5.41, 5.74) is 1.90. The molecule has 2 aromatic carbocycles. The zero-order valence-electron chi connectivity index (χ0n) is 24.4. The van der Waals surface area contributed by atoms with Crippen molar-refractivity contribution in [3.8, 4) is 17.6 Å². The quantitative estimate of drug-likeness (QED) is 0.276. The van der Waals surface area contributed by atoms with E-state index >= 15 is 0 Å². The largest absolute Gasteiger partial charge is 0.495 e. The van der Waals surface area contributed by atoms with Crippen molar-refractivity contribution in [1.82, 2.24) is 9.47 Å². The molecule has 0 bridgehead atoms. The number of rotatable bonds is 11. The molecule has 1 aliphatic rings. The van der Waals surface area contributed by atoms with Gasteiger partial charge in [0.1, 0.15) is 12.3 Å². The van der Waals surface area contributed by atoms with E-state index in [9.17, 15) is 26.7 Å². The molecule has 1 atom stereocenters. The van der Waals surface area contributed by atoms with Gasteiger partial charge in [0.15, 0.2) is 9.84 Å². The number of sulfone groups is 1. The molecule has 0 saturated carbocycles. The van der Waals surface area contributed by atoms with Crippen molar-refractivity contribution in [2.75, 3.05) is 63.9 Å². The van der Waals surface area contributed by atoms with Crippen molar-refractivity contribution in [2.24, 2.45) is 0 Å². The number of hydrogen-bond acceptors (Lipinski definition) is 8. The van der Waals surface area contributed by atoms with Gasteiger partial charge in [-0.15, -0.1) is 0 Å². The topological polar surface area (TPSA) is 105 Å². The van der Waals surface area contributed by atoms with Gasteiger partial charge in [0, 0.05) is 56.2 Å². The van der Waals surface area contributed by atoms with Gasteiger partial charge in [0.05, 0.1) is 48.2 Å². The summed E-state index contributed by atoms with van der Waals surface area (Å²) >= 11 is 0. The van der Waals surface area contributed by atoms with E-state index in [1.54, 1.807) is 31.4 Å². The molecule has 9 nitrogen and oxygen atoms in total. The Balaban J connectivity index is 1.51. The van der Waals surface area contributed by atoms with Gasteiger partial charge in [0.25, 0.3) is 0 Å². The molecular formula is C30H37F3N4O5S. The van der Waals surface area contributed by atoms with E-state index in [2.05, 4.69) is 27.4 Å². The normalized spacial score (nSPS) is 15.6. The molecule has 1 aromatic heterocycles. The van der Waals surface area contributed by atoms with Gasteiger partial charge in [-0.1, -0.05) is 12.0 Å². The zero-order valence-corrected chi connectivity index (χ0v) is 25.2. The van der Waals surface area contributed by atoms with Crippen molar-refractivity contribution in [3.05, 3.63) is 48.2 Å². The molecule has 234 valence electrons. The van der Waals surface area contributed by atoms with Gasteiger partial charge >= 0.3 is 6.18 Å². The number of aliphatic hydroxyl groups excluding tert-OH is 1. The Kier molecular flexibility index (Phi) is 10.5. The molecule has 0 amide bonds. The average Bonchev–Trinajstić information content (AvgIpc) is 3.28. The number of anilines is 2. The Hall–Kier alpha value is -3.44. The first kappa shape index (κ1) is 32.5. The van der Waals surface area contributed by atoms with E-state index in [1.165, 1.54) is 23.8 Å². The first-order valence-corrected chi connectivity index (χ1v) is 15.7. The third kappa shape index (κ3) is 8.79. The minimum atomic E-state index is -4.45. The van der Waals surface area contributed by atoms with E-state index in [-0.39, 0.29) is 29.8 Å². The van der Waals surface area contributed by atoms with Crippen LogP contribution in [0.3, 0.4) is 0 Å². The van der Waals surface area contributed by atoms with Gasteiger partial charge in [-0.05, 0) is 49.1 Å². The number of hydrogen-bond donors (Lipinski definition) is 3. The van der Waals surface area contributed by atoms with Crippen molar-refractivity contribution >= 4 is 32.1 Å². The Morgan fingerprint density at radius 2 is 1.86 bits per heavy atom. The molecule has 4 rings (SSSR count). The summed E-state index contributed by atoms with van der Waals surface area (Å²) in [5.74, 6) is 6.07. The number of β-amino-alcohol motifs (C(OH)–C–C–N with tert-alkyl or cyclic N) is 1. The fraction of sp³-hybridized carbons (Fsp3) is 0.467. The molecule has 1 saturated heterocycles. The molecule has 2 heterocycles. The Labute approximate surface area is 249 Å². The maximum absolute atomic E-state index is 13.6. The fourth-order valence-corrected chi connectivity index (χ4v) is 5.85. The number of halogens is 3. The number of nitrogens with one attached hydrogen (secondary N) is 2. The standard InChI is InChI=1S/C30H37F3N4O5S/c1-41-19-23(38)18-36-14-11-21(12-15-36)35-26-7-4-8-28-25(26)16-22(37(28)20-30(31,32)33)6-5-13-34-27-10-9-24(43(3,39)40)17-29(27)42-2/h4,7-10,16-17,21,23,34-35,38H,11-15,18-20H2,1-3H3. The van der Waals surface area contributed by atoms with Crippen LogP contribution in [0.2, 0.25) is 0 Å². The molecule has 13 heteroatoms. The molecular weight excluding hydrogens is 585 g/mol. The molecule has 1 fully saturated rings. The summed E-state index contributed by atoms with van der Waals surface area (Å²) in [7, 11) is -0.453. The highest BCUT2D eigenvalue weighted by Crippen LogP contribution is 2.32. The van der Waals surface area contributed by atoms with Crippen LogP contribution in [0.15, 0.2) is 47.4 Å². The van der Waals surface area contributed by atoms with E-state index in [0.29, 0.717) is 28.9 Å². The molecule has 0 spiro atoms. The Morgan fingerprint density at radius 3 is 2.51 bits per heavy atom. The predicted octanol–water partition coefficient (Wildman–Crippen LogP) is 3.96. The highest BCUT2D eigenvalue weighted by molar-refractivity contribution is 7.90. The van der Waals surface area contributed by atoms with Crippen LogP contribution in [-0.2, 0) is 21.1 Å². The SMILES string of the molecule is COCC(O)CN1CCC(Nc2cccc3c2cc(C#CCNc2ccc(S(C)(=O)=O)cc2OC)n3CC(F)(F)F)CC1. The maximum Gasteiger partial charge on any atom is 0.406 e. The van der Waals surface area contributed by atoms with E-state index < -0.39 is 28.7 Å². The number of piperidine rings is 1. The number of ether oxygens (including phenoxy) is 2. The molecule has 3 aromatic rings. The van der Waals surface area contributed by atoms with E-state index in [1.807, 2.05) is 6.07 Å². The number of fused-ring (bicyclic) bond motifs is 1. The lowest BCUT2D eigenvalue weighted by atomic mass is 10.0. The Bertz CT molecular complexity index is 1570. The minimum absolute atomic E-state index is 0.0882. The van der Waals surface area contributed by atoms with Gasteiger partial charge in [-0.25, -0.2) is 8.42 Å². The summed E-state index contributed by atoms with van der Waals surface area (Å²) in [6.07, 6.45) is -2.24. The summed E-state index contributed by atoms with van der Waals surface area (Å²) in [6.45, 7) is 1.30. The van der Waals surface area contributed by atoms with Gasteiger partial charge in [0.2, 0.25) is 0 Å². The van der Waals surface area contributed by atoms with Crippen LogP contribution in [0.1, 0.15) is 18.5 Å². The van der Waals surface area contributed by atoms with Gasteiger partial charge in [-0.2, -0.15) is 13.2 Å². The number of methoxy groups -OCH3 is 2. The number of likely N-dealkylation sites (tertiary alicyclic amines) is 1. The second-order valence-electron chi connectivity index (χ2n) is 10.6. The molecule has 0 aliphatic carbocycles. The lowest BCUT2D eigenvalue weighted by Crippen LogP contribution is -2.43. The summed E-state index contributed by atoms with van der Waals surface area (Å²) in [5, 5.41) is 17.2. The monoisotopic (exact) mass is 622 g/mol. The summed E-state index contributed by atoms with van der Waals surface area (Å²) in [6, 6.07) is 11.5. The minimum Gasteiger partial charge on any atom is -0.495 e. The van der Waals surface area contributed by atoms with Crippen LogP contribution in [0, 0.1) is 11.8 Å². The lowest BCUT2D eigenvalue weighted by Gasteiger charge is -2.34. The predicted molar refractivity (Wildman–Crippen MR) is 160 cm³/mol. The average molecular weight is 623 g/mol. The number of nitrogens with zero attached hydrogens (tertiary/aromatic N) is 2. The number of benzene rings is 2. The number of aromatic nitrogens is 1. The Morgan fingerprint density at radius 1 is 1.12 bits per heavy atom. The van der Waals surface area contributed by atoms with Crippen LogP contribution < -0.4 is 15.4 Å². The summed E-state index contributed by atoms with van der Waals surface area (Å²) in [4.78, 5) is 2.29. The number of alkyl halides is 3. The lowest BCUT2D eigenvalue weighted by molar-refractivity contribution is -0.140. The van der Waals surface area contributed by atoms with Gasteiger partial charge < -0.3 is 34.7 Å². The highest BCUT2D eigenvalue weighted by Gasteiger charge is 2.30. The highest BCUT2D eigenvalue weighted by atomic mass is 32.2. The smallest absolute Gasteiger partial charge is 0.406 e. The fourth-order valence-electron chi connectivity index (χ4n) is 5.21. The maximum atomic E-state index is 13.6. The van der Waals surface area contributed by atoms with Gasteiger partial charge in [-0.3, -0.25) is 0 Å². The molecule has 0 radical (unpaired) electrons. The second-order valence-corrected chi connectivity index (χ2v) is 12.6. The van der Waals surface area contributed by atoms with Crippen LogP contribution in [-0.4, -0.2) is 94.6 Å². The summed E-state index contributed by atoms with van der Waals surface area (Å²) < 4.78 is 75.9. The molecule has 1 unspecified atom stereocenters. The van der Waals surface area contributed by atoms with E-state index in [4.69, 9.17) is 9.47 Å². The van der Waals surface area contributed by atoms with Crippen molar-refractivity contribution in [2.45, 2.75) is 42.6 Å². The molecule has 1 aliphatic heterocycles. The molecule has 3 N–H and O–H groups in total. The third-order valence-electron chi connectivity index (χ3n) is 7.24. The first-order chi connectivity index (χ1) is 20.4. The van der Waals surface area contributed by atoms with Crippen molar-refractivity contribution in [3.63, 3.8) is 0 Å². The van der Waals surface area contributed by atoms with Crippen LogP contribution >= 0.6 is 0 Å². The van der Waals surface area contributed by atoms with Crippen LogP contribution in [0.5, 0.6) is 5.75 Å². The third-order valence-corrected chi connectivity index (χ3v) is 8.35. The second kappa shape index (κ2) is 13.9. The van der Waals surface area contributed by atoms with Crippen molar-refractivity contribution in [1.29, 1.82) is 0 Å². The van der Waals surface area contributed by atoms with Crippen LogP contribution in [0.25, 0.3) is 10.9 Å². The first-order valence-electron chi connectivity index (χ1n) is 13.8. The zero-order chi connectivity index (χ0) is 31.2. The number of aliphatic hydroxyl groups is 1. The molecule has 43 heavy (non-hydrogen) atoms. The van der Waals surface area contributed by atoms with Crippen LogP contribution in [0.4, 0.5) is 24.5 Å². The van der Waals surface area contributed by atoms with E-state index in [0.717, 1.165) is 37.9 Å².